The minimum Gasteiger partial charge on any atom is -0.367 e. The highest BCUT2D eigenvalue weighted by atomic mass is 32.2. The van der Waals surface area contributed by atoms with Crippen LogP contribution in [0.5, 0.6) is 0 Å². The Morgan fingerprint density at radius 2 is 1.89 bits per heavy atom. The second-order valence-corrected chi connectivity index (χ2v) is 7.93. The van der Waals surface area contributed by atoms with Crippen molar-refractivity contribution in [3.8, 4) is 11.1 Å². The first-order valence-electron chi connectivity index (χ1n) is 9.49. The molecule has 0 unspecified atom stereocenters. The SMILES string of the molecule is CSNc1cc(-c2cc(C)c(=O)n(C)c2)cc2c1CCN2Cc1ccccc1. The Morgan fingerprint density at radius 3 is 2.61 bits per heavy atom. The van der Waals surface area contributed by atoms with Crippen LogP contribution in [-0.2, 0) is 20.0 Å². The first-order chi connectivity index (χ1) is 13.6. The lowest BCUT2D eigenvalue weighted by Crippen LogP contribution is -2.19. The second-order valence-electron chi connectivity index (χ2n) is 7.31. The summed E-state index contributed by atoms with van der Waals surface area (Å²) in [6.45, 7) is 3.80. The normalized spacial score (nSPS) is 12.9. The van der Waals surface area contributed by atoms with Crippen molar-refractivity contribution in [2.75, 3.05) is 22.4 Å². The van der Waals surface area contributed by atoms with Crippen LogP contribution >= 0.6 is 11.9 Å². The van der Waals surface area contributed by atoms with E-state index in [4.69, 9.17) is 0 Å². The van der Waals surface area contributed by atoms with Gasteiger partial charge in [0.1, 0.15) is 0 Å². The Morgan fingerprint density at radius 1 is 1.11 bits per heavy atom. The number of fused-ring (bicyclic) bond motifs is 1. The second kappa shape index (κ2) is 7.76. The Kier molecular flexibility index (Phi) is 5.18. The molecule has 0 aliphatic carbocycles. The number of rotatable bonds is 5. The molecule has 4 nitrogen and oxygen atoms in total. The average Bonchev–Trinajstić information content (AvgIpc) is 3.10. The summed E-state index contributed by atoms with van der Waals surface area (Å²) in [6.07, 6.45) is 5.01. The van der Waals surface area contributed by atoms with E-state index in [1.54, 1.807) is 16.5 Å². The van der Waals surface area contributed by atoms with Crippen LogP contribution in [0, 0.1) is 6.92 Å². The molecule has 0 amide bonds. The maximum absolute atomic E-state index is 12.1. The zero-order valence-corrected chi connectivity index (χ0v) is 17.3. The van der Waals surface area contributed by atoms with Gasteiger partial charge in [-0.25, -0.2) is 0 Å². The molecule has 0 fully saturated rings. The number of nitrogens with one attached hydrogen (secondary N) is 1. The molecule has 144 valence electrons. The molecule has 1 aliphatic heterocycles. The molecule has 28 heavy (non-hydrogen) atoms. The Bertz CT molecular complexity index is 1030. The standard InChI is InChI=1S/C23H25N3OS/c1-16-11-19(15-25(2)23(16)27)18-12-21(24-28-3)20-9-10-26(22(20)13-18)14-17-7-5-4-6-8-17/h4-8,11-13,15,24H,9-10,14H2,1-3H3. The molecule has 1 aromatic heterocycles. The molecule has 0 saturated heterocycles. The van der Waals surface area contributed by atoms with Crippen molar-refractivity contribution in [1.29, 1.82) is 0 Å². The molecule has 2 aromatic carbocycles. The molecule has 4 rings (SSSR count). The van der Waals surface area contributed by atoms with E-state index < -0.39 is 0 Å². The summed E-state index contributed by atoms with van der Waals surface area (Å²) in [6, 6.07) is 17.1. The smallest absolute Gasteiger partial charge is 0.253 e. The molecule has 5 heteroatoms. The summed E-state index contributed by atoms with van der Waals surface area (Å²) in [5.74, 6) is 0. The van der Waals surface area contributed by atoms with Gasteiger partial charge in [0.25, 0.3) is 5.56 Å². The molecule has 1 aliphatic rings. The van der Waals surface area contributed by atoms with Crippen molar-refractivity contribution >= 4 is 23.3 Å². The van der Waals surface area contributed by atoms with Crippen LogP contribution in [0.25, 0.3) is 11.1 Å². The summed E-state index contributed by atoms with van der Waals surface area (Å²) in [5.41, 5.74) is 8.16. The Balaban J connectivity index is 1.79. The zero-order valence-electron chi connectivity index (χ0n) is 16.5. The number of benzene rings is 2. The van der Waals surface area contributed by atoms with Crippen molar-refractivity contribution in [1.82, 2.24) is 4.57 Å². The molecule has 0 saturated carbocycles. The number of aryl methyl sites for hydroxylation is 2. The number of nitrogens with zero attached hydrogens (tertiary/aromatic N) is 2. The number of pyridine rings is 1. The van der Waals surface area contributed by atoms with Gasteiger partial charge < -0.3 is 14.2 Å². The molecule has 0 radical (unpaired) electrons. The van der Waals surface area contributed by atoms with Gasteiger partial charge in [-0.3, -0.25) is 4.79 Å². The Hall–Kier alpha value is -2.66. The lowest BCUT2D eigenvalue weighted by molar-refractivity contribution is 0.836. The van der Waals surface area contributed by atoms with Gasteiger partial charge in [-0.05, 0) is 48.2 Å². The number of aromatic nitrogens is 1. The lowest BCUT2D eigenvalue weighted by atomic mass is 10.0. The average molecular weight is 392 g/mol. The van der Waals surface area contributed by atoms with E-state index in [0.717, 1.165) is 36.2 Å². The van der Waals surface area contributed by atoms with Crippen molar-refractivity contribution in [2.45, 2.75) is 19.9 Å². The first kappa shape index (κ1) is 18.7. The van der Waals surface area contributed by atoms with E-state index in [0.29, 0.717) is 0 Å². The van der Waals surface area contributed by atoms with Gasteiger partial charge in [0.15, 0.2) is 0 Å². The molecule has 0 bridgehead atoms. The lowest BCUT2D eigenvalue weighted by Gasteiger charge is -2.21. The fourth-order valence-electron chi connectivity index (χ4n) is 3.94. The molecular formula is C23H25N3OS. The van der Waals surface area contributed by atoms with Gasteiger partial charge in [0.2, 0.25) is 0 Å². The van der Waals surface area contributed by atoms with Gasteiger partial charge >= 0.3 is 0 Å². The quantitative estimate of drug-likeness (QED) is 0.645. The van der Waals surface area contributed by atoms with Crippen LogP contribution in [-0.4, -0.2) is 17.4 Å². The molecule has 0 atom stereocenters. The van der Waals surface area contributed by atoms with Crippen molar-refractivity contribution in [2.24, 2.45) is 7.05 Å². The third kappa shape index (κ3) is 3.54. The molecule has 3 aromatic rings. The summed E-state index contributed by atoms with van der Waals surface area (Å²) in [7, 11) is 1.81. The summed E-state index contributed by atoms with van der Waals surface area (Å²) >= 11 is 1.61. The van der Waals surface area contributed by atoms with Crippen LogP contribution in [0.3, 0.4) is 0 Å². The highest BCUT2D eigenvalue weighted by Gasteiger charge is 2.23. The fourth-order valence-corrected chi connectivity index (χ4v) is 4.34. The van der Waals surface area contributed by atoms with Crippen LogP contribution in [0.2, 0.25) is 0 Å². The maximum atomic E-state index is 12.1. The third-order valence-electron chi connectivity index (χ3n) is 5.32. The Labute approximate surface area is 170 Å². The zero-order chi connectivity index (χ0) is 19.7. The monoisotopic (exact) mass is 391 g/mol. The molecular weight excluding hydrogens is 366 g/mol. The van der Waals surface area contributed by atoms with Crippen LogP contribution in [0.4, 0.5) is 11.4 Å². The van der Waals surface area contributed by atoms with Gasteiger partial charge in [0, 0.05) is 55.1 Å². The van der Waals surface area contributed by atoms with Crippen molar-refractivity contribution in [3.05, 3.63) is 81.8 Å². The number of hydrogen-bond donors (Lipinski definition) is 1. The molecule has 1 N–H and O–H groups in total. The van der Waals surface area contributed by atoms with Gasteiger partial charge in [-0.2, -0.15) is 0 Å². The van der Waals surface area contributed by atoms with E-state index in [1.165, 1.54) is 22.5 Å². The summed E-state index contributed by atoms with van der Waals surface area (Å²) < 4.78 is 5.13. The van der Waals surface area contributed by atoms with Crippen LogP contribution in [0.15, 0.2) is 59.5 Å². The predicted molar refractivity (Wildman–Crippen MR) is 120 cm³/mol. The number of hydrogen-bond acceptors (Lipinski definition) is 4. The van der Waals surface area contributed by atoms with Gasteiger partial charge in [-0.15, -0.1) is 0 Å². The molecule has 0 spiro atoms. The van der Waals surface area contributed by atoms with Gasteiger partial charge in [0.05, 0.1) is 0 Å². The summed E-state index contributed by atoms with van der Waals surface area (Å²) in [4.78, 5) is 14.6. The van der Waals surface area contributed by atoms with Crippen molar-refractivity contribution in [3.63, 3.8) is 0 Å². The minimum absolute atomic E-state index is 0.0538. The number of anilines is 2. The highest BCUT2D eigenvalue weighted by molar-refractivity contribution is 7.99. The fraction of sp³-hybridized carbons (Fsp3) is 0.261. The van der Waals surface area contributed by atoms with E-state index in [2.05, 4.69) is 52.1 Å². The third-order valence-corrected chi connectivity index (χ3v) is 5.75. The highest BCUT2D eigenvalue weighted by Crippen LogP contribution is 2.39. The minimum atomic E-state index is 0.0538. The molecule has 2 heterocycles. The predicted octanol–water partition coefficient (Wildman–Crippen LogP) is 4.61. The van der Waals surface area contributed by atoms with Crippen molar-refractivity contribution < 1.29 is 0 Å². The first-order valence-corrected chi connectivity index (χ1v) is 10.7. The van der Waals surface area contributed by atoms with Gasteiger partial charge in [-0.1, -0.05) is 42.3 Å². The largest absolute Gasteiger partial charge is 0.367 e. The summed E-state index contributed by atoms with van der Waals surface area (Å²) in [5, 5.41) is 0. The van der Waals surface area contributed by atoms with Crippen LogP contribution in [0.1, 0.15) is 16.7 Å². The topological polar surface area (TPSA) is 37.3 Å². The van der Waals surface area contributed by atoms with Crippen LogP contribution < -0.4 is 15.2 Å². The van der Waals surface area contributed by atoms with E-state index in [1.807, 2.05) is 32.5 Å². The van der Waals surface area contributed by atoms with E-state index in [9.17, 15) is 4.79 Å². The van der Waals surface area contributed by atoms with E-state index in [-0.39, 0.29) is 5.56 Å². The van der Waals surface area contributed by atoms with E-state index >= 15 is 0 Å². The maximum Gasteiger partial charge on any atom is 0.253 e.